The molecule has 0 bridgehead atoms. The number of carbonyl (C=O) groups excluding carboxylic acids is 1. The fraction of sp³-hybridized carbons (Fsp3) is 0.250. The zero-order valence-electron chi connectivity index (χ0n) is 7.63. The fourth-order valence-electron chi connectivity index (χ4n) is 0.944. The van der Waals surface area contributed by atoms with Gasteiger partial charge < -0.3 is 10.5 Å². The van der Waals surface area contributed by atoms with Gasteiger partial charge in [0.15, 0.2) is 5.69 Å². The van der Waals surface area contributed by atoms with E-state index >= 15 is 0 Å². The van der Waals surface area contributed by atoms with E-state index in [1.165, 1.54) is 0 Å². The van der Waals surface area contributed by atoms with Crippen LogP contribution in [0.4, 0.5) is 14.6 Å². The van der Waals surface area contributed by atoms with Gasteiger partial charge in [0.1, 0.15) is 5.82 Å². The van der Waals surface area contributed by atoms with Gasteiger partial charge >= 0.3 is 5.97 Å². The second kappa shape index (κ2) is 4.52. The molecule has 0 unspecified atom stereocenters. The smallest absolute Gasteiger partial charge is 0.357 e. The molecule has 0 radical (unpaired) electrons. The van der Waals surface area contributed by atoms with Gasteiger partial charge in [0.25, 0.3) is 6.43 Å². The lowest BCUT2D eigenvalue weighted by Crippen LogP contribution is -2.11. The first-order chi connectivity index (χ1) is 6.97. The zero-order chi connectivity index (χ0) is 11.6. The highest BCUT2D eigenvalue weighted by Gasteiger charge is 2.22. The maximum Gasteiger partial charge on any atom is 0.357 e. The minimum Gasteiger partial charge on any atom is -0.464 e. The van der Waals surface area contributed by atoms with E-state index in [2.05, 4.69) is 25.7 Å². The van der Waals surface area contributed by atoms with Crippen LogP contribution >= 0.6 is 15.9 Å². The lowest BCUT2D eigenvalue weighted by atomic mass is 10.2. The molecule has 0 aliphatic heterocycles. The lowest BCUT2D eigenvalue weighted by molar-refractivity contribution is 0.0582. The van der Waals surface area contributed by atoms with Crippen LogP contribution in [-0.4, -0.2) is 18.1 Å². The molecule has 4 nitrogen and oxygen atoms in total. The molecule has 1 heterocycles. The normalized spacial score (nSPS) is 10.5. The number of hydrogen-bond donors (Lipinski definition) is 1. The Hall–Kier alpha value is -1.24. The van der Waals surface area contributed by atoms with Gasteiger partial charge in [0.05, 0.1) is 17.1 Å². The first-order valence-corrected chi connectivity index (χ1v) is 4.59. The maximum absolute atomic E-state index is 12.5. The topological polar surface area (TPSA) is 65.2 Å². The fourth-order valence-corrected chi connectivity index (χ4v) is 1.28. The SMILES string of the molecule is COC(=O)c1nc(N)c(Br)cc1C(F)F. The Bertz CT molecular complexity index is 398. The molecule has 0 fully saturated rings. The van der Waals surface area contributed by atoms with Crippen LogP contribution in [-0.2, 0) is 4.74 Å². The van der Waals surface area contributed by atoms with Crippen molar-refractivity contribution in [3.05, 3.63) is 21.8 Å². The van der Waals surface area contributed by atoms with Crippen LogP contribution in [0, 0.1) is 0 Å². The van der Waals surface area contributed by atoms with E-state index in [0.717, 1.165) is 13.2 Å². The van der Waals surface area contributed by atoms with Crippen LogP contribution < -0.4 is 5.73 Å². The molecule has 0 aliphatic carbocycles. The molecule has 1 aromatic heterocycles. The molecule has 2 N–H and O–H groups in total. The summed E-state index contributed by atoms with van der Waals surface area (Å²) in [6.45, 7) is 0. The summed E-state index contributed by atoms with van der Waals surface area (Å²) in [4.78, 5) is 14.7. The van der Waals surface area contributed by atoms with Crippen molar-refractivity contribution in [2.75, 3.05) is 12.8 Å². The second-order valence-corrected chi connectivity index (χ2v) is 3.44. The third-order valence-electron chi connectivity index (χ3n) is 1.65. The van der Waals surface area contributed by atoms with Crippen LogP contribution in [0.15, 0.2) is 10.5 Å². The predicted octanol–water partition coefficient (Wildman–Crippen LogP) is 2.15. The number of halogens is 3. The Balaban J connectivity index is 3.34. The van der Waals surface area contributed by atoms with Crippen LogP contribution in [0.1, 0.15) is 22.5 Å². The van der Waals surface area contributed by atoms with Crippen LogP contribution in [0.2, 0.25) is 0 Å². The van der Waals surface area contributed by atoms with Crippen molar-refractivity contribution in [1.29, 1.82) is 0 Å². The average molecular weight is 281 g/mol. The number of hydrogen-bond acceptors (Lipinski definition) is 4. The molecule has 0 saturated carbocycles. The number of nitrogens with zero attached hydrogens (tertiary/aromatic N) is 1. The molecule has 1 rings (SSSR count). The minimum atomic E-state index is -2.82. The molecular formula is C8H7BrF2N2O2. The molecule has 0 aliphatic rings. The van der Waals surface area contributed by atoms with E-state index in [9.17, 15) is 13.6 Å². The van der Waals surface area contributed by atoms with Gasteiger partial charge in [-0.3, -0.25) is 0 Å². The molecular weight excluding hydrogens is 274 g/mol. The van der Waals surface area contributed by atoms with E-state index in [4.69, 9.17) is 5.73 Å². The van der Waals surface area contributed by atoms with E-state index in [-0.39, 0.29) is 10.3 Å². The van der Waals surface area contributed by atoms with Crippen molar-refractivity contribution in [3.8, 4) is 0 Å². The lowest BCUT2D eigenvalue weighted by Gasteiger charge is -2.08. The summed E-state index contributed by atoms with van der Waals surface area (Å²) < 4.78 is 29.6. The summed E-state index contributed by atoms with van der Waals surface area (Å²) in [5, 5.41) is 0. The molecule has 7 heteroatoms. The summed E-state index contributed by atoms with van der Waals surface area (Å²) in [7, 11) is 1.08. The molecule has 0 atom stereocenters. The Morgan fingerprint density at radius 3 is 2.73 bits per heavy atom. The number of aromatic nitrogens is 1. The monoisotopic (exact) mass is 280 g/mol. The van der Waals surface area contributed by atoms with E-state index in [1.54, 1.807) is 0 Å². The van der Waals surface area contributed by atoms with E-state index in [0.29, 0.717) is 0 Å². The zero-order valence-corrected chi connectivity index (χ0v) is 9.22. The number of ether oxygens (including phenoxy) is 1. The van der Waals surface area contributed by atoms with Gasteiger partial charge in [-0.05, 0) is 22.0 Å². The van der Waals surface area contributed by atoms with Gasteiger partial charge in [0.2, 0.25) is 0 Å². The highest BCUT2D eigenvalue weighted by molar-refractivity contribution is 9.10. The highest BCUT2D eigenvalue weighted by Crippen LogP contribution is 2.28. The summed E-state index contributed by atoms with van der Waals surface area (Å²) in [6, 6.07) is 1.05. The molecule has 0 saturated heterocycles. The predicted molar refractivity (Wildman–Crippen MR) is 52.6 cm³/mol. The summed E-state index contributed by atoms with van der Waals surface area (Å²) >= 11 is 2.95. The minimum absolute atomic E-state index is 0.0419. The standard InChI is InChI=1S/C8H7BrF2N2O2/c1-15-8(14)5-3(6(10)11)2-4(9)7(12)13-5/h2,6H,1H3,(H2,12,13). The molecule has 0 aromatic carbocycles. The molecule has 0 amide bonds. The molecule has 82 valence electrons. The Morgan fingerprint density at radius 1 is 1.67 bits per heavy atom. The van der Waals surface area contributed by atoms with Gasteiger partial charge in [-0.25, -0.2) is 18.6 Å². The van der Waals surface area contributed by atoms with E-state index in [1.807, 2.05) is 0 Å². The number of esters is 1. The summed E-state index contributed by atoms with van der Waals surface area (Å²) in [6.07, 6.45) is -2.82. The van der Waals surface area contributed by atoms with E-state index < -0.39 is 23.7 Å². The number of nitrogen functional groups attached to an aromatic ring is 1. The van der Waals surface area contributed by atoms with Crippen molar-refractivity contribution in [2.45, 2.75) is 6.43 Å². The van der Waals surface area contributed by atoms with Crippen LogP contribution in [0.3, 0.4) is 0 Å². The van der Waals surface area contributed by atoms with Crippen molar-refractivity contribution in [2.24, 2.45) is 0 Å². The number of methoxy groups -OCH3 is 1. The Labute approximate surface area is 92.6 Å². The third kappa shape index (κ3) is 2.41. The third-order valence-corrected chi connectivity index (χ3v) is 2.28. The average Bonchev–Trinajstić information content (AvgIpc) is 2.20. The first kappa shape index (κ1) is 11.8. The Morgan fingerprint density at radius 2 is 2.27 bits per heavy atom. The molecule has 0 spiro atoms. The number of pyridine rings is 1. The summed E-state index contributed by atoms with van der Waals surface area (Å²) in [5.74, 6) is -0.982. The Kier molecular flexibility index (Phi) is 3.57. The number of rotatable bonds is 2. The quantitative estimate of drug-likeness (QED) is 0.843. The van der Waals surface area contributed by atoms with Crippen molar-refractivity contribution in [3.63, 3.8) is 0 Å². The van der Waals surface area contributed by atoms with Crippen molar-refractivity contribution >= 4 is 27.7 Å². The van der Waals surface area contributed by atoms with Gasteiger partial charge in [-0.1, -0.05) is 0 Å². The van der Waals surface area contributed by atoms with Crippen LogP contribution in [0.5, 0.6) is 0 Å². The summed E-state index contributed by atoms with van der Waals surface area (Å²) in [5.41, 5.74) is 4.40. The molecule has 1 aromatic rings. The molecule has 15 heavy (non-hydrogen) atoms. The first-order valence-electron chi connectivity index (χ1n) is 3.79. The highest BCUT2D eigenvalue weighted by atomic mass is 79.9. The second-order valence-electron chi connectivity index (χ2n) is 2.59. The number of carbonyl (C=O) groups is 1. The van der Waals surface area contributed by atoms with Gasteiger partial charge in [-0.15, -0.1) is 0 Å². The maximum atomic E-state index is 12.5. The largest absolute Gasteiger partial charge is 0.464 e. The van der Waals surface area contributed by atoms with Gasteiger partial charge in [0, 0.05) is 0 Å². The number of anilines is 1. The van der Waals surface area contributed by atoms with Crippen LogP contribution in [0.25, 0.3) is 0 Å². The van der Waals surface area contributed by atoms with Crippen molar-refractivity contribution < 1.29 is 18.3 Å². The number of alkyl halides is 2. The van der Waals surface area contributed by atoms with Crippen molar-refractivity contribution in [1.82, 2.24) is 4.98 Å². The number of nitrogens with two attached hydrogens (primary N) is 1. The van der Waals surface area contributed by atoms with Gasteiger partial charge in [-0.2, -0.15) is 0 Å².